The van der Waals surface area contributed by atoms with E-state index in [1.807, 2.05) is 0 Å². The van der Waals surface area contributed by atoms with Gasteiger partial charge in [0.25, 0.3) is 0 Å². The summed E-state index contributed by atoms with van der Waals surface area (Å²) in [5.74, 6) is 0.470. The maximum Gasteiger partial charge on any atom is 0.341 e. The zero-order valence-electron chi connectivity index (χ0n) is 8.90. The summed E-state index contributed by atoms with van der Waals surface area (Å²) >= 11 is 0. The van der Waals surface area contributed by atoms with Crippen molar-refractivity contribution in [3.63, 3.8) is 0 Å². The molecule has 1 aromatic heterocycles. The number of nitrogens with zero attached hydrogens (tertiary/aromatic N) is 1. The molecule has 1 aliphatic rings. The van der Waals surface area contributed by atoms with E-state index in [4.69, 9.17) is 4.74 Å². The number of hydrogen-bond donors (Lipinski definition) is 1. The molecule has 1 saturated carbocycles. The second-order valence-corrected chi connectivity index (χ2v) is 4.10. The van der Waals surface area contributed by atoms with Gasteiger partial charge in [-0.1, -0.05) is 13.3 Å². The van der Waals surface area contributed by atoms with Crippen LogP contribution < -0.4 is 0 Å². The third-order valence-electron chi connectivity index (χ3n) is 3.08. The van der Waals surface area contributed by atoms with Crippen LogP contribution in [0.3, 0.4) is 0 Å². The van der Waals surface area contributed by atoms with Gasteiger partial charge in [-0.05, 0) is 25.2 Å². The molecule has 4 nitrogen and oxygen atoms in total. The third kappa shape index (κ3) is 2.37. The number of rotatable bonds is 3. The standard InChI is InChI=1S/C11H16N2O2/c1-2-8-3-4-10(5-8)15-11(14)9-6-12-13-7-9/h6-8,10H,2-5H2,1H3,(H,12,13)/t8-,10-/m0/s1. The van der Waals surface area contributed by atoms with Crippen molar-refractivity contribution in [1.29, 1.82) is 0 Å². The highest BCUT2D eigenvalue weighted by molar-refractivity contribution is 5.88. The lowest BCUT2D eigenvalue weighted by Crippen LogP contribution is -2.14. The van der Waals surface area contributed by atoms with Crippen LogP contribution in [0.1, 0.15) is 43.0 Å². The Morgan fingerprint density at radius 2 is 2.53 bits per heavy atom. The van der Waals surface area contributed by atoms with Gasteiger partial charge in [-0.25, -0.2) is 4.79 Å². The summed E-state index contributed by atoms with van der Waals surface area (Å²) in [6, 6.07) is 0. The van der Waals surface area contributed by atoms with Crippen molar-refractivity contribution < 1.29 is 9.53 Å². The fraction of sp³-hybridized carbons (Fsp3) is 0.636. The second-order valence-electron chi connectivity index (χ2n) is 4.10. The minimum absolute atomic E-state index is 0.109. The van der Waals surface area contributed by atoms with Crippen LogP contribution in [0.5, 0.6) is 0 Å². The first-order valence-electron chi connectivity index (χ1n) is 5.49. The average Bonchev–Trinajstić information content (AvgIpc) is 2.87. The lowest BCUT2D eigenvalue weighted by molar-refractivity contribution is 0.0309. The molecule has 1 aliphatic carbocycles. The molecule has 0 radical (unpaired) electrons. The van der Waals surface area contributed by atoms with Gasteiger partial charge in [0, 0.05) is 6.20 Å². The lowest BCUT2D eigenvalue weighted by atomic mass is 10.1. The van der Waals surface area contributed by atoms with Crippen LogP contribution in [0.25, 0.3) is 0 Å². The first-order valence-corrected chi connectivity index (χ1v) is 5.49. The summed E-state index contributed by atoms with van der Waals surface area (Å²) in [6.07, 6.45) is 7.54. The van der Waals surface area contributed by atoms with Gasteiger partial charge in [-0.15, -0.1) is 0 Å². The van der Waals surface area contributed by atoms with E-state index in [-0.39, 0.29) is 12.1 Å². The number of carbonyl (C=O) groups excluding carboxylic acids is 1. The molecule has 2 atom stereocenters. The Morgan fingerprint density at radius 1 is 1.67 bits per heavy atom. The van der Waals surface area contributed by atoms with Gasteiger partial charge in [0.15, 0.2) is 0 Å². The molecule has 1 N–H and O–H groups in total. The molecule has 0 aromatic carbocycles. The van der Waals surface area contributed by atoms with E-state index in [9.17, 15) is 4.79 Å². The Hall–Kier alpha value is -1.32. The van der Waals surface area contributed by atoms with Gasteiger partial charge in [-0.2, -0.15) is 5.10 Å². The number of nitrogens with one attached hydrogen (secondary N) is 1. The predicted molar refractivity (Wildman–Crippen MR) is 55.4 cm³/mol. The van der Waals surface area contributed by atoms with Gasteiger partial charge >= 0.3 is 5.97 Å². The molecule has 0 unspecified atom stereocenters. The van der Waals surface area contributed by atoms with E-state index in [0.29, 0.717) is 5.56 Å². The summed E-state index contributed by atoms with van der Waals surface area (Å²) < 4.78 is 5.39. The smallest absolute Gasteiger partial charge is 0.341 e. The number of H-pyrrole nitrogens is 1. The van der Waals surface area contributed by atoms with Crippen LogP contribution in [-0.4, -0.2) is 22.3 Å². The van der Waals surface area contributed by atoms with Gasteiger partial charge in [0.2, 0.25) is 0 Å². The van der Waals surface area contributed by atoms with Crippen LogP contribution >= 0.6 is 0 Å². The summed E-state index contributed by atoms with van der Waals surface area (Å²) in [6.45, 7) is 2.19. The van der Waals surface area contributed by atoms with Gasteiger partial charge in [-0.3, -0.25) is 5.10 Å². The van der Waals surface area contributed by atoms with E-state index in [1.54, 1.807) is 6.20 Å². The summed E-state index contributed by atoms with van der Waals surface area (Å²) in [7, 11) is 0. The fourth-order valence-corrected chi connectivity index (χ4v) is 2.09. The summed E-state index contributed by atoms with van der Waals surface area (Å²) in [4.78, 5) is 11.6. The van der Waals surface area contributed by atoms with Crippen molar-refractivity contribution in [3.8, 4) is 0 Å². The highest BCUT2D eigenvalue weighted by Gasteiger charge is 2.26. The number of aromatic nitrogens is 2. The minimum atomic E-state index is -0.259. The number of hydrogen-bond acceptors (Lipinski definition) is 3. The topological polar surface area (TPSA) is 55.0 Å². The first kappa shape index (κ1) is 10.2. The van der Waals surface area contributed by atoms with E-state index in [0.717, 1.165) is 18.8 Å². The van der Waals surface area contributed by atoms with E-state index in [1.165, 1.54) is 19.0 Å². The Kier molecular flexibility index (Phi) is 3.04. The molecule has 0 aliphatic heterocycles. The van der Waals surface area contributed by atoms with Crippen molar-refractivity contribution in [2.75, 3.05) is 0 Å². The number of aromatic amines is 1. The molecule has 1 fully saturated rings. The number of carbonyl (C=O) groups is 1. The Bertz CT molecular complexity index is 321. The summed E-state index contributed by atoms with van der Waals surface area (Å²) in [5, 5.41) is 6.33. The zero-order valence-corrected chi connectivity index (χ0v) is 8.90. The monoisotopic (exact) mass is 208 g/mol. The Balaban J connectivity index is 1.86. The van der Waals surface area contributed by atoms with Crippen molar-refractivity contribution in [1.82, 2.24) is 10.2 Å². The molecule has 0 saturated heterocycles. The normalized spacial score (nSPS) is 25.4. The van der Waals surface area contributed by atoms with E-state index < -0.39 is 0 Å². The molecule has 1 heterocycles. The van der Waals surface area contributed by atoms with Crippen LogP contribution in [0.4, 0.5) is 0 Å². The van der Waals surface area contributed by atoms with Crippen LogP contribution in [0, 0.1) is 5.92 Å². The number of esters is 1. The van der Waals surface area contributed by atoms with Crippen molar-refractivity contribution in [2.24, 2.45) is 5.92 Å². The Morgan fingerprint density at radius 3 is 3.13 bits per heavy atom. The van der Waals surface area contributed by atoms with Crippen molar-refractivity contribution >= 4 is 5.97 Å². The Labute approximate surface area is 89.0 Å². The minimum Gasteiger partial charge on any atom is -0.459 e. The van der Waals surface area contributed by atoms with Crippen LogP contribution in [0.15, 0.2) is 12.4 Å². The lowest BCUT2D eigenvalue weighted by Gasteiger charge is -2.11. The molecule has 0 amide bonds. The molecule has 0 bridgehead atoms. The first-order chi connectivity index (χ1) is 7.29. The molecular formula is C11H16N2O2. The van der Waals surface area contributed by atoms with Gasteiger partial charge in [0.05, 0.1) is 11.8 Å². The van der Waals surface area contributed by atoms with Crippen LogP contribution in [-0.2, 0) is 4.74 Å². The second kappa shape index (κ2) is 4.47. The molecule has 82 valence electrons. The quantitative estimate of drug-likeness (QED) is 0.774. The highest BCUT2D eigenvalue weighted by atomic mass is 16.5. The number of ether oxygens (including phenoxy) is 1. The maximum atomic E-state index is 11.6. The molecule has 4 heteroatoms. The molecule has 2 rings (SSSR count). The summed E-state index contributed by atoms with van der Waals surface area (Å²) in [5.41, 5.74) is 0.509. The molecule has 1 aromatic rings. The van der Waals surface area contributed by atoms with Gasteiger partial charge < -0.3 is 4.74 Å². The van der Waals surface area contributed by atoms with E-state index in [2.05, 4.69) is 17.1 Å². The van der Waals surface area contributed by atoms with Crippen LogP contribution in [0.2, 0.25) is 0 Å². The fourth-order valence-electron chi connectivity index (χ4n) is 2.09. The maximum absolute atomic E-state index is 11.6. The SMILES string of the molecule is CC[C@H]1CC[C@H](OC(=O)c2cn[nH]c2)C1. The zero-order chi connectivity index (χ0) is 10.7. The van der Waals surface area contributed by atoms with Crippen molar-refractivity contribution in [3.05, 3.63) is 18.0 Å². The third-order valence-corrected chi connectivity index (χ3v) is 3.08. The highest BCUT2D eigenvalue weighted by Crippen LogP contribution is 2.30. The van der Waals surface area contributed by atoms with Crippen molar-refractivity contribution in [2.45, 2.75) is 38.7 Å². The molecule has 0 spiro atoms. The van der Waals surface area contributed by atoms with Gasteiger partial charge in [0.1, 0.15) is 6.10 Å². The largest absolute Gasteiger partial charge is 0.459 e. The average molecular weight is 208 g/mol. The van der Waals surface area contributed by atoms with E-state index >= 15 is 0 Å². The molecular weight excluding hydrogens is 192 g/mol. The molecule has 15 heavy (non-hydrogen) atoms. The predicted octanol–water partition coefficient (Wildman–Crippen LogP) is 2.15.